The average molecular weight is 294 g/mol. The second-order valence-electron chi connectivity index (χ2n) is 3.42. The summed E-state index contributed by atoms with van der Waals surface area (Å²) in [7, 11) is 0. The van der Waals surface area contributed by atoms with Crippen molar-refractivity contribution in [3.05, 3.63) is 33.0 Å². The van der Waals surface area contributed by atoms with Crippen LogP contribution in [0.2, 0.25) is 5.02 Å². The lowest BCUT2D eigenvalue weighted by atomic mass is 9.97. The van der Waals surface area contributed by atoms with Crippen LogP contribution in [0.25, 0.3) is 0 Å². The molecule has 1 unspecified atom stereocenters. The molecule has 0 fully saturated rings. The lowest BCUT2D eigenvalue weighted by Crippen LogP contribution is -2.12. The van der Waals surface area contributed by atoms with Gasteiger partial charge in [-0.3, -0.25) is 4.79 Å². The van der Waals surface area contributed by atoms with E-state index in [4.69, 9.17) is 11.6 Å². The van der Waals surface area contributed by atoms with Crippen molar-refractivity contribution in [3.63, 3.8) is 0 Å². The summed E-state index contributed by atoms with van der Waals surface area (Å²) in [5.74, 6) is -0.919. The Morgan fingerprint density at radius 1 is 1.60 bits per heavy atom. The van der Waals surface area contributed by atoms with Gasteiger partial charge in [-0.1, -0.05) is 25.4 Å². The van der Waals surface area contributed by atoms with Gasteiger partial charge in [0.25, 0.3) is 0 Å². The lowest BCUT2D eigenvalue weighted by Gasteiger charge is -2.09. The van der Waals surface area contributed by atoms with E-state index in [1.807, 2.05) is 6.92 Å². The second kappa shape index (κ2) is 5.08. The molecule has 0 aliphatic rings. The fraction of sp³-hybridized carbons (Fsp3) is 0.364. The van der Waals surface area contributed by atoms with E-state index in [1.54, 1.807) is 6.92 Å². The Hall–Kier alpha value is -0.410. The minimum Gasteiger partial charge on any atom is -0.294 e. The molecule has 15 heavy (non-hydrogen) atoms. The van der Waals surface area contributed by atoms with Gasteiger partial charge in [0.05, 0.1) is 10.6 Å². The highest BCUT2D eigenvalue weighted by atomic mass is 79.9. The van der Waals surface area contributed by atoms with E-state index in [0.29, 0.717) is 15.9 Å². The molecule has 0 heterocycles. The Kier molecular flexibility index (Phi) is 4.29. The molecule has 0 saturated heterocycles. The van der Waals surface area contributed by atoms with Crippen LogP contribution in [-0.2, 0) is 0 Å². The molecule has 0 amide bonds. The Balaban J connectivity index is 3.15. The van der Waals surface area contributed by atoms with Gasteiger partial charge in [0, 0.05) is 10.4 Å². The maximum atomic E-state index is 13.5. The van der Waals surface area contributed by atoms with Crippen LogP contribution < -0.4 is 0 Å². The summed E-state index contributed by atoms with van der Waals surface area (Å²) in [4.78, 5) is 11.7. The molecular formula is C11H11BrClFO. The van der Waals surface area contributed by atoms with E-state index in [2.05, 4.69) is 15.9 Å². The smallest absolute Gasteiger partial charge is 0.168 e. The van der Waals surface area contributed by atoms with Crippen molar-refractivity contribution in [1.82, 2.24) is 0 Å². The molecule has 4 heteroatoms. The fourth-order valence-corrected chi connectivity index (χ4v) is 1.64. The first kappa shape index (κ1) is 12.7. The van der Waals surface area contributed by atoms with Crippen molar-refractivity contribution in [2.24, 2.45) is 5.92 Å². The van der Waals surface area contributed by atoms with Gasteiger partial charge in [0.1, 0.15) is 5.82 Å². The Bertz CT molecular complexity index is 392. The van der Waals surface area contributed by atoms with Crippen molar-refractivity contribution in [2.75, 3.05) is 0 Å². The Morgan fingerprint density at radius 3 is 2.73 bits per heavy atom. The molecule has 1 aromatic carbocycles. The quantitative estimate of drug-likeness (QED) is 0.593. The van der Waals surface area contributed by atoms with Crippen LogP contribution in [-0.4, -0.2) is 5.78 Å². The molecule has 0 N–H and O–H groups in total. The van der Waals surface area contributed by atoms with Gasteiger partial charge < -0.3 is 0 Å². The van der Waals surface area contributed by atoms with E-state index in [-0.39, 0.29) is 17.3 Å². The van der Waals surface area contributed by atoms with Crippen LogP contribution >= 0.6 is 27.5 Å². The standard InChI is InChI=1S/C11H11BrClFO/c1-3-6(2)11(15)7-4-9(13)8(12)5-10(7)14/h4-6H,3H2,1-2H3. The zero-order chi connectivity index (χ0) is 11.6. The predicted molar refractivity (Wildman–Crippen MR) is 62.9 cm³/mol. The molecule has 1 atom stereocenters. The summed E-state index contributed by atoms with van der Waals surface area (Å²) in [6, 6.07) is 2.59. The molecule has 1 aromatic rings. The molecule has 0 aliphatic carbocycles. The van der Waals surface area contributed by atoms with E-state index in [1.165, 1.54) is 12.1 Å². The highest BCUT2D eigenvalue weighted by Gasteiger charge is 2.18. The third-order valence-corrected chi connectivity index (χ3v) is 3.53. The molecule has 0 radical (unpaired) electrons. The van der Waals surface area contributed by atoms with Crippen LogP contribution in [0, 0.1) is 11.7 Å². The minimum atomic E-state index is -0.531. The van der Waals surface area contributed by atoms with Gasteiger partial charge in [0.2, 0.25) is 0 Å². The molecule has 0 aliphatic heterocycles. The Labute approximate surface area is 102 Å². The largest absolute Gasteiger partial charge is 0.294 e. The van der Waals surface area contributed by atoms with E-state index in [9.17, 15) is 9.18 Å². The first-order valence-electron chi connectivity index (χ1n) is 4.66. The number of halogens is 3. The van der Waals surface area contributed by atoms with Gasteiger partial charge in [-0.05, 0) is 34.5 Å². The zero-order valence-corrected chi connectivity index (χ0v) is 10.8. The molecule has 0 saturated carbocycles. The molecule has 0 bridgehead atoms. The molecule has 82 valence electrons. The number of hydrogen-bond acceptors (Lipinski definition) is 1. The summed E-state index contributed by atoms with van der Waals surface area (Å²) in [5.41, 5.74) is 0.0672. The maximum Gasteiger partial charge on any atom is 0.168 e. The lowest BCUT2D eigenvalue weighted by molar-refractivity contribution is 0.0923. The first-order chi connectivity index (χ1) is 6.97. The van der Waals surface area contributed by atoms with Crippen LogP contribution in [0.3, 0.4) is 0 Å². The number of ketones is 1. The number of Topliss-reactive ketones (excluding diaryl/α,β-unsaturated/α-hetero) is 1. The number of benzene rings is 1. The summed E-state index contributed by atoms with van der Waals surface area (Å²) in [6.07, 6.45) is 0.686. The van der Waals surface area contributed by atoms with Crippen LogP contribution in [0.5, 0.6) is 0 Å². The van der Waals surface area contributed by atoms with Crippen LogP contribution in [0.15, 0.2) is 16.6 Å². The van der Waals surface area contributed by atoms with Gasteiger partial charge in [0.15, 0.2) is 5.78 Å². The summed E-state index contributed by atoms with van der Waals surface area (Å²) < 4.78 is 13.9. The van der Waals surface area contributed by atoms with Crippen molar-refractivity contribution in [3.8, 4) is 0 Å². The van der Waals surface area contributed by atoms with Crippen LogP contribution in [0.1, 0.15) is 30.6 Å². The third-order valence-electron chi connectivity index (χ3n) is 2.34. The molecule has 0 spiro atoms. The van der Waals surface area contributed by atoms with Crippen LogP contribution in [0.4, 0.5) is 4.39 Å². The monoisotopic (exact) mass is 292 g/mol. The predicted octanol–water partition coefficient (Wildman–Crippen LogP) is 4.47. The van der Waals surface area contributed by atoms with Gasteiger partial charge in [-0.25, -0.2) is 4.39 Å². The first-order valence-corrected chi connectivity index (χ1v) is 5.83. The minimum absolute atomic E-state index is 0.0672. The molecule has 0 aromatic heterocycles. The number of hydrogen-bond donors (Lipinski definition) is 0. The number of carbonyl (C=O) groups excluding carboxylic acids is 1. The van der Waals surface area contributed by atoms with E-state index < -0.39 is 5.82 Å². The maximum absolute atomic E-state index is 13.5. The topological polar surface area (TPSA) is 17.1 Å². The summed E-state index contributed by atoms with van der Waals surface area (Å²) in [5, 5.41) is 0.350. The summed E-state index contributed by atoms with van der Waals surface area (Å²) in [6.45, 7) is 3.67. The second-order valence-corrected chi connectivity index (χ2v) is 4.68. The summed E-state index contributed by atoms with van der Waals surface area (Å²) >= 11 is 8.91. The number of rotatable bonds is 3. The van der Waals surface area contributed by atoms with Crippen molar-refractivity contribution < 1.29 is 9.18 Å². The molecular weight excluding hydrogens is 282 g/mol. The average Bonchev–Trinajstić information content (AvgIpc) is 2.21. The molecule has 1 nitrogen and oxygen atoms in total. The van der Waals surface area contributed by atoms with Crippen molar-refractivity contribution in [2.45, 2.75) is 20.3 Å². The van der Waals surface area contributed by atoms with E-state index in [0.717, 1.165) is 0 Å². The zero-order valence-electron chi connectivity index (χ0n) is 8.48. The van der Waals surface area contributed by atoms with Gasteiger partial charge in [-0.15, -0.1) is 0 Å². The SMILES string of the molecule is CCC(C)C(=O)c1cc(Cl)c(Br)cc1F. The highest BCUT2D eigenvalue weighted by Crippen LogP contribution is 2.27. The van der Waals surface area contributed by atoms with Crippen molar-refractivity contribution in [1.29, 1.82) is 0 Å². The van der Waals surface area contributed by atoms with Crippen molar-refractivity contribution >= 4 is 33.3 Å². The number of carbonyl (C=O) groups is 1. The normalized spacial score (nSPS) is 12.6. The highest BCUT2D eigenvalue weighted by molar-refractivity contribution is 9.10. The molecule has 1 rings (SSSR count). The van der Waals surface area contributed by atoms with E-state index >= 15 is 0 Å². The van der Waals surface area contributed by atoms with Gasteiger partial charge in [-0.2, -0.15) is 0 Å². The van der Waals surface area contributed by atoms with Gasteiger partial charge >= 0.3 is 0 Å². The fourth-order valence-electron chi connectivity index (χ4n) is 1.16. The third kappa shape index (κ3) is 2.79. The Morgan fingerprint density at radius 2 is 2.20 bits per heavy atom.